The highest BCUT2D eigenvalue weighted by atomic mass is 35.5. The minimum absolute atomic E-state index is 0.161. The average Bonchev–Trinajstić information content (AvgIpc) is 2.17. The molecule has 0 spiro atoms. The average molecular weight is 243 g/mol. The molecule has 1 heterocycles. The summed E-state index contributed by atoms with van der Waals surface area (Å²) in [5, 5.41) is 9.12. The monoisotopic (exact) mass is 242 g/mol. The van der Waals surface area contributed by atoms with Crippen LogP contribution in [0.15, 0.2) is 12.1 Å². The number of anilines is 1. The second-order valence-electron chi connectivity index (χ2n) is 3.72. The minimum atomic E-state index is -0.995. The Balaban J connectivity index is 3.17. The molecule has 1 aromatic rings. The summed E-state index contributed by atoms with van der Waals surface area (Å²) in [6.45, 7) is 6.78. The Kier molecular flexibility index (Phi) is 4.12. The van der Waals surface area contributed by atoms with Gasteiger partial charge in [0.15, 0.2) is 0 Å². The van der Waals surface area contributed by atoms with Crippen LogP contribution in [0.4, 0.5) is 5.82 Å². The van der Waals surface area contributed by atoms with E-state index in [0.717, 1.165) is 6.54 Å². The molecule has 5 heteroatoms. The fourth-order valence-corrected chi connectivity index (χ4v) is 1.75. The van der Waals surface area contributed by atoms with Gasteiger partial charge in [-0.1, -0.05) is 11.6 Å². The highest BCUT2D eigenvalue weighted by molar-refractivity contribution is 6.29. The van der Waals surface area contributed by atoms with Crippen LogP contribution in [-0.2, 0) is 0 Å². The maximum absolute atomic E-state index is 10.9. The number of pyridine rings is 1. The van der Waals surface area contributed by atoms with Crippen molar-refractivity contribution in [1.82, 2.24) is 4.98 Å². The third-order valence-electron chi connectivity index (χ3n) is 2.29. The molecule has 0 aliphatic carbocycles. The van der Waals surface area contributed by atoms with Crippen molar-refractivity contribution in [2.45, 2.75) is 26.8 Å². The lowest BCUT2D eigenvalue weighted by Gasteiger charge is -2.26. The first-order chi connectivity index (χ1) is 7.45. The molecule has 0 aliphatic rings. The molecular weight excluding hydrogens is 228 g/mol. The Morgan fingerprint density at radius 1 is 1.56 bits per heavy atom. The fraction of sp³-hybridized carbons (Fsp3) is 0.455. The fourth-order valence-electron chi connectivity index (χ4n) is 1.55. The van der Waals surface area contributed by atoms with Crippen LogP contribution in [0, 0.1) is 0 Å². The summed E-state index contributed by atoms with van der Waals surface area (Å²) in [5.74, 6) is -0.396. The van der Waals surface area contributed by atoms with E-state index in [9.17, 15) is 4.79 Å². The number of aromatic nitrogens is 1. The van der Waals surface area contributed by atoms with Crippen LogP contribution in [0.5, 0.6) is 0 Å². The van der Waals surface area contributed by atoms with Gasteiger partial charge in [0, 0.05) is 12.6 Å². The van der Waals surface area contributed by atoms with Crippen LogP contribution < -0.4 is 4.90 Å². The molecule has 1 N–H and O–H groups in total. The van der Waals surface area contributed by atoms with Crippen molar-refractivity contribution >= 4 is 23.4 Å². The molecule has 0 saturated carbocycles. The third-order valence-corrected chi connectivity index (χ3v) is 2.48. The molecule has 0 unspecified atom stereocenters. The van der Waals surface area contributed by atoms with Gasteiger partial charge in [0.25, 0.3) is 0 Å². The van der Waals surface area contributed by atoms with E-state index in [1.165, 1.54) is 12.1 Å². The zero-order valence-electron chi connectivity index (χ0n) is 9.57. The van der Waals surface area contributed by atoms with Crippen molar-refractivity contribution in [3.8, 4) is 0 Å². The quantitative estimate of drug-likeness (QED) is 0.825. The second kappa shape index (κ2) is 5.16. The largest absolute Gasteiger partial charge is 0.478 e. The molecule has 0 amide bonds. The number of carboxylic acids is 1. The molecule has 0 aliphatic heterocycles. The summed E-state index contributed by atoms with van der Waals surface area (Å²) in [5.41, 5.74) is 0.161. The molecule has 0 atom stereocenters. The van der Waals surface area contributed by atoms with Crippen LogP contribution >= 0.6 is 11.6 Å². The summed E-state index contributed by atoms with van der Waals surface area (Å²) in [6.07, 6.45) is 0. The summed E-state index contributed by atoms with van der Waals surface area (Å²) in [7, 11) is 0. The lowest BCUT2D eigenvalue weighted by molar-refractivity contribution is 0.0696. The zero-order valence-corrected chi connectivity index (χ0v) is 10.3. The maximum atomic E-state index is 10.9. The topological polar surface area (TPSA) is 53.4 Å². The summed E-state index contributed by atoms with van der Waals surface area (Å²) in [6, 6.07) is 3.14. The van der Waals surface area contributed by atoms with E-state index in [1.807, 2.05) is 25.7 Å². The molecule has 16 heavy (non-hydrogen) atoms. The molecule has 0 aromatic carbocycles. The van der Waals surface area contributed by atoms with Crippen LogP contribution in [0.2, 0.25) is 5.15 Å². The predicted octanol–water partition coefficient (Wildman–Crippen LogP) is 2.67. The van der Waals surface area contributed by atoms with Gasteiger partial charge in [-0.3, -0.25) is 0 Å². The van der Waals surface area contributed by atoms with Gasteiger partial charge in [-0.2, -0.15) is 0 Å². The van der Waals surface area contributed by atoms with Crippen molar-refractivity contribution in [3.05, 3.63) is 22.8 Å². The lowest BCUT2D eigenvalue weighted by atomic mass is 10.2. The number of halogens is 1. The molecular formula is C11H15ClN2O2. The van der Waals surface area contributed by atoms with Gasteiger partial charge < -0.3 is 10.0 Å². The molecule has 1 aromatic heterocycles. The normalized spacial score (nSPS) is 10.6. The van der Waals surface area contributed by atoms with Crippen LogP contribution in [0.3, 0.4) is 0 Å². The van der Waals surface area contributed by atoms with E-state index in [0.29, 0.717) is 5.82 Å². The van der Waals surface area contributed by atoms with Gasteiger partial charge in [0.05, 0.1) is 5.56 Å². The van der Waals surface area contributed by atoms with Crippen molar-refractivity contribution in [2.24, 2.45) is 0 Å². The Labute approximate surface area is 99.9 Å². The SMILES string of the molecule is CCN(c1cc(C(=O)O)cc(Cl)n1)C(C)C. The number of rotatable bonds is 4. The van der Waals surface area contributed by atoms with Crippen molar-refractivity contribution in [3.63, 3.8) is 0 Å². The summed E-state index contributed by atoms with van der Waals surface area (Å²) >= 11 is 5.80. The number of hydrogen-bond acceptors (Lipinski definition) is 3. The molecule has 88 valence electrons. The Hall–Kier alpha value is -1.29. The predicted molar refractivity (Wildman–Crippen MR) is 64.4 cm³/mol. The molecule has 0 radical (unpaired) electrons. The van der Waals surface area contributed by atoms with Crippen molar-refractivity contribution in [1.29, 1.82) is 0 Å². The second-order valence-corrected chi connectivity index (χ2v) is 4.11. The summed E-state index contributed by atoms with van der Waals surface area (Å²) in [4.78, 5) is 17.0. The maximum Gasteiger partial charge on any atom is 0.335 e. The van der Waals surface area contributed by atoms with Crippen molar-refractivity contribution < 1.29 is 9.90 Å². The third kappa shape index (κ3) is 2.85. The number of carbonyl (C=O) groups is 1. The van der Waals surface area contributed by atoms with E-state index in [4.69, 9.17) is 16.7 Å². The molecule has 1 rings (SSSR count). The molecule has 0 saturated heterocycles. The first-order valence-corrected chi connectivity index (χ1v) is 5.51. The Morgan fingerprint density at radius 2 is 2.19 bits per heavy atom. The highest BCUT2D eigenvalue weighted by Crippen LogP contribution is 2.19. The lowest BCUT2D eigenvalue weighted by Crippen LogP contribution is -2.31. The molecule has 0 bridgehead atoms. The number of hydrogen-bond donors (Lipinski definition) is 1. The smallest absolute Gasteiger partial charge is 0.335 e. The van der Waals surface area contributed by atoms with Gasteiger partial charge in [0.2, 0.25) is 0 Å². The van der Waals surface area contributed by atoms with Crippen LogP contribution in [-0.4, -0.2) is 28.6 Å². The zero-order chi connectivity index (χ0) is 12.3. The Morgan fingerprint density at radius 3 is 2.62 bits per heavy atom. The van der Waals surface area contributed by atoms with E-state index in [2.05, 4.69) is 4.98 Å². The molecule has 4 nitrogen and oxygen atoms in total. The first kappa shape index (κ1) is 12.8. The number of carboxylic acid groups (broad SMARTS) is 1. The van der Waals surface area contributed by atoms with E-state index < -0.39 is 5.97 Å². The number of aromatic carboxylic acids is 1. The Bertz CT molecular complexity index is 394. The standard InChI is InChI=1S/C11H15ClN2O2/c1-4-14(7(2)3)10-6-8(11(15)16)5-9(12)13-10/h5-7H,4H2,1-3H3,(H,15,16). The highest BCUT2D eigenvalue weighted by Gasteiger charge is 2.14. The van der Waals surface area contributed by atoms with Gasteiger partial charge in [0.1, 0.15) is 11.0 Å². The van der Waals surface area contributed by atoms with Crippen LogP contribution in [0.25, 0.3) is 0 Å². The van der Waals surface area contributed by atoms with Gasteiger partial charge >= 0.3 is 5.97 Å². The van der Waals surface area contributed by atoms with Gasteiger partial charge in [-0.25, -0.2) is 9.78 Å². The first-order valence-electron chi connectivity index (χ1n) is 5.13. The van der Waals surface area contributed by atoms with Gasteiger partial charge in [-0.05, 0) is 32.9 Å². The van der Waals surface area contributed by atoms with E-state index in [1.54, 1.807) is 0 Å². The molecule has 0 fully saturated rings. The van der Waals surface area contributed by atoms with Crippen molar-refractivity contribution in [2.75, 3.05) is 11.4 Å². The van der Waals surface area contributed by atoms with E-state index in [-0.39, 0.29) is 16.8 Å². The summed E-state index contributed by atoms with van der Waals surface area (Å²) < 4.78 is 0. The van der Waals surface area contributed by atoms with Gasteiger partial charge in [-0.15, -0.1) is 0 Å². The van der Waals surface area contributed by atoms with E-state index >= 15 is 0 Å². The van der Waals surface area contributed by atoms with Crippen LogP contribution in [0.1, 0.15) is 31.1 Å². The minimum Gasteiger partial charge on any atom is -0.478 e. The number of nitrogens with zero attached hydrogens (tertiary/aromatic N) is 2.